The molecule has 1 aliphatic heterocycles. The molecule has 2 aliphatic rings. The number of carbonyl (C=O) groups is 2. The number of halogens is 1. The number of aryl methyl sites for hydroxylation is 1. The maximum absolute atomic E-state index is 12.3. The van der Waals surface area contributed by atoms with Crippen LogP contribution in [-0.4, -0.2) is 26.5 Å². The van der Waals surface area contributed by atoms with E-state index in [-0.39, 0.29) is 23.8 Å². The summed E-state index contributed by atoms with van der Waals surface area (Å²) < 4.78 is 2.50. The van der Waals surface area contributed by atoms with E-state index in [1.165, 1.54) is 4.90 Å². The lowest BCUT2D eigenvalue weighted by Gasteiger charge is -2.34. The van der Waals surface area contributed by atoms with Gasteiger partial charge in [0, 0.05) is 19.7 Å². The van der Waals surface area contributed by atoms with Crippen LogP contribution in [-0.2, 0) is 23.2 Å². The highest BCUT2D eigenvalue weighted by Gasteiger charge is 2.54. The molecule has 1 saturated heterocycles. The Balaban J connectivity index is 1.83. The molecule has 0 atom stereocenters. The largest absolute Gasteiger partial charge is 0.276 e. The van der Waals surface area contributed by atoms with Crippen LogP contribution >= 0.6 is 15.9 Å². The molecule has 2 fully saturated rings. The van der Waals surface area contributed by atoms with Gasteiger partial charge in [-0.25, -0.2) is 0 Å². The summed E-state index contributed by atoms with van der Waals surface area (Å²) >= 11 is 3.39. The van der Waals surface area contributed by atoms with Crippen LogP contribution in [0, 0.1) is 5.41 Å². The quantitative estimate of drug-likeness (QED) is 0.780. The van der Waals surface area contributed by atoms with Gasteiger partial charge in [-0.2, -0.15) is 5.10 Å². The van der Waals surface area contributed by atoms with Gasteiger partial charge in [0.25, 0.3) is 0 Å². The summed E-state index contributed by atoms with van der Waals surface area (Å²) in [6.45, 7) is 0.279. The molecule has 6 heteroatoms. The van der Waals surface area contributed by atoms with Crippen LogP contribution in [0.5, 0.6) is 0 Å². The molecule has 2 amide bonds. The fraction of sp³-hybridized carbons (Fsp3) is 0.583. The number of nitrogens with zero attached hydrogens (tertiary/aromatic N) is 3. The smallest absolute Gasteiger partial charge is 0.236 e. The highest BCUT2D eigenvalue weighted by molar-refractivity contribution is 9.10. The van der Waals surface area contributed by atoms with E-state index in [4.69, 9.17) is 0 Å². The number of amides is 2. The number of hydrogen-bond donors (Lipinski definition) is 0. The van der Waals surface area contributed by atoms with Gasteiger partial charge in [0.15, 0.2) is 0 Å². The van der Waals surface area contributed by atoms with Crippen LogP contribution in [0.1, 0.15) is 31.4 Å². The Labute approximate surface area is 113 Å². The molecule has 0 radical (unpaired) electrons. The highest BCUT2D eigenvalue weighted by Crippen LogP contribution is 2.49. The average Bonchev–Trinajstić information content (AvgIpc) is 2.69. The molecule has 1 aromatic heterocycles. The van der Waals surface area contributed by atoms with Gasteiger partial charge < -0.3 is 0 Å². The maximum atomic E-state index is 12.3. The molecular weight excluding hydrogens is 298 g/mol. The van der Waals surface area contributed by atoms with E-state index in [1.54, 1.807) is 4.68 Å². The van der Waals surface area contributed by atoms with Crippen molar-refractivity contribution in [3.63, 3.8) is 0 Å². The molecule has 0 N–H and O–H groups in total. The molecular formula is C12H14BrN3O2. The lowest BCUT2D eigenvalue weighted by Crippen LogP contribution is -2.39. The number of aromatic nitrogens is 2. The average molecular weight is 312 g/mol. The summed E-state index contributed by atoms with van der Waals surface area (Å²) in [6, 6.07) is 0. The van der Waals surface area contributed by atoms with Crippen LogP contribution in [0.3, 0.4) is 0 Å². The Bertz CT molecular complexity index is 533. The summed E-state index contributed by atoms with van der Waals surface area (Å²) in [5, 5.41) is 4.26. The number of likely N-dealkylation sites (tertiary alicyclic amines) is 1. The Morgan fingerprint density at radius 3 is 2.61 bits per heavy atom. The summed E-state index contributed by atoms with van der Waals surface area (Å²) in [7, 11) is 1.81. The predicted molar refractivity (Wildman–Crippen MR) is 67.4 cm³/mol. The van der Waals surface area contributed by atoms with Gasteiger partial charge >= 0.3 is 0 Å². The van der Waals surface area contributed by atoms with Gasteiger partial charge in [0.1, 0.15) is 0 Å². The molecule has 0 aromatic carbocycles. The van der Waals surface area contributed by atoms with Crippen LogP contribution < -0.4 is 0 Å². The fourth-order valence-corrected chi connectivity index (χ4v) is 3.28. The maximum Gasteiger partial charge on any atom is 0.236 e. The third kappa shape index (κ3) is 1.62. The van der Waals surface area contributed by atoms with Crippen LogP contribution in [0.2, 0.25) is 0 Å². The van der Waals surface area contributed by atoms with Crippen molar-refractivity contribution in [1.82, 2.24) is 14.7 Å². The van der Waals surface area contributed by atoms with Crippen LogP contribution in [0.15, 0.2) is 10.7 Å². The Kier molecular flexibility index (Phi) is 2.59. The second kappa shape index (κ2) is 3.91. The Morgan fingerprint density at radius 1 is 1.44 bits per heavy atom. The first kappa shape index (κ1) is 11.9. The van der Waals surface area contributed by atoms with Gasteiger partial charge in [0.05, 0.1) is 22.1 Å². The van der Waals surface area contributed by atoms with Gasteiger partial charge in [-0.1, -0.05) is 6.42 Å². The Hall–Kier alpha value is -1.17. The first-order valence-corrected chi connectivity index (χ1v) is 6.84. The number of carbonyl (C=O) groups excluding carboxylic acids is 2. The summed E-state index contributed by atoms with van der Waals surface area (Å²) in [4.78, 5) is 25.6. The molecule has 18 heavy (non-hydrogen) atoms. The van der Waals surface area contributed by atoms with E-state index < -0.39 is 0 Å². The molecule has 0 unspecified atom stereocenters. The summed E-state index contributed by atoms with van der Waals surface area (Å²) in [6.07, 6.45) is 4.98. The van der Waals surface area contributed by atoms with Crippen LogP contribution in [0.25, 0.3) is 0 Å². The normalized spacial score (nSPS) is 21.8. The lowest BCUT2D eigenvalue weighted by atomic mass is 9.68. The third-order valence-electron chi connectivity index (χ3n) is 3.96. The van der Waals surface area contributed by atoms with Crippen molar-refractivity contribution < 1.29 is 9.59 Å². The zero-order chi connectivity index (χ0) is 12.9. The molecule has 3 rings (SSSR count). The van der Waals surface area contributed by atoms with Crippen molar-refractivity contribution in [3.05, 3.63) is 16.4 Å². The van der Waals surface area contributed by atoms with Gasteiger partial charge in [-0.3, -0.25) is 19.2 Å². The molecule has 2 heterocycles. The van der Waals surface area contributed by atoms with Crippen molar-refractivity contribution in [2.75, 3.05) is 0 Å². The van der Waals surface area contributed by atoms with Crippen molar-refractivity contribution >= 4 is 27.7 Å². The Morgan fingerprint density at radius 2 is 2.17 bits per heavy atom. The van der Waals surface area contributed by atoms with Crippen LogP contribution in [0.4, 0.5) is 0 Å². The fourth-order valence-electron chi connectivity index (χ4n) is 2.78. The molecule has 96 valence electrons. The minimum atomic E-state index is -0.363. The minimum Gasteiger partial charge on any atom is -0.276 e. The lowest BCUT2D eigenvalue weighted by molar-refractivity contribution is -0.144. The monoisotopic (exact) mass is 311 g/mol. The summed E-state index contributed by atoms with van der Waals surface area (Å²) in [5.74, 6) is -0.0615. The predicted octanol–water partition coefficient (Wildman–Crippen LogP) is 1.61. The second-order valence-electron chi connectivity index (χ2n) is 5.19. The van der Waals surface area contributed by atoms with Gasteiger partial charge in [0.2, 0.25) is 11.8 Å². The van der Waals surface area contributed by atoms with E-state index in [1.807, 2.05) is 13.2 Å². The molecule has 1 spiro atoms. The molecule has 0 bridgehead atoms. The topological polar surface area (TPSA) is 55.2 Å². The first-order chi connectivity index (χ1) is 8.52. The number of hydrogen-bond acceptors (Lipinski definition) is 3. The molecule has 1 aromatic rings. The zero-order valence-electron chi connectivity index (χ0n) is 10.1. The van der Waals surface area contributed by atoms with Crippen molar-refractivity contribution in [2.45, 2.75) is 32.2 Å². The van der Waals surface area contributed by atoms with E-state index in [9.17, 15) is 9.59 Å². The molecule has 1 aliphatic carbocycles. The minimum absolute atomic E-state index is 0.00342. The SMILES string of the molecule is Cn1cc(Br)c(CN2C(=O)CC3(CCC3)C2=O)n1. The molecule has 1 saturated carbocycles. The second-order valence-corrected chi connectivity index (χ2v) is 6.05. The number of rotatable bonds is 2. The first-order valence-electron chi connectivity index (χ1n) is 6.05. The van der Waals surface area contributed by atoms with Gasteiger partial charge in [-0.15, -0.1) is 0 Å². The van der Waals surface area contributed by atoms with E-state index in [0.29, 0.717) is 6.42 Å². The van der Waals surface area contributed by atoms with E-state index in [2.05, 4.69) is 21.0 Å². The standard InChI is InChI=1S/C12H14BrN3O2/c1-15-6-8(13)9(14-15)7-16-10(17)5-12(11(16)18)3-2-4-12/h6H,2-5,7H2,1H3. The third-order valence-corrected chi connectivity index (χ3v) is 4.62. The van der Waals surface area contributed by atoms with Crippen molar-refractivity contribution in [2.24, 2.45) is 12.5 Å². The van der Waals surface area contributed by atoms with Crippen molar-refractivity contribution in [1.29, 1.82) is 0 Å². The highest BCUT2D eigenvalue weighted by atomic mass is 79.9. The zero-order valence-corrected chi connectivity index (χ0v) is 11.7. The van der Waals surface area contributed by atoms with E-state index in [0.717, 1.165) is 29.4 Å². The van der Waals surface area contributed by atoms with Gasteiger partial charge in [-0.05, 0) is 28.8 Å². The molecule has 5 nitrogen and oxygen atoms in total. The summed E-state index contributed by atoms with van der Waals surface area (Å²) in [5.41, 5.74) is 0.369. The van der Waals surface area contributed by atoms with E-state index >= 15 is 0 Å². The number of imide groups is 1. The van der Waals surface area contributed by atoms with Crippen molar-refractivity contribution in [3.8, 4) is 0 Å².